The molecule has 0 N–H and O–H groups in total. The third kappa shape index (κ3) is 5.98. The van der Waals surface area contributed by atoms with Gasteiger partial charge < -0.3 is 4.84 Å². The molecule has 1 aliphatic rings. The van der Waals surface area contributed by atoms with Gasteiger partial charge in [-0.2, -0.15) is 8.78 Å². The van der Waals surface area contributed by atoms with Crippen LogP contribution in [0.2, 0.25) is 0 Å². The van der Waals surface area contributed by atoms with Gasteiger partial charge in [0.2, 0.25) is 0 Å². The van der Waals surface area contributed by atoms with Crippen LogP contribution in [0.1, 0.15) is 90.0 Å². The number of benzene rings is 2. The van der Waals surface area contributed by atoms with Crippen LogP contribution < -0.4 is 0 Å². The smallest absolute Gasteiger partial charge is 0.284 e. The largest absolute Gasteiger partial charge is 0.391 e. The molecule has 6 heteroatoms. The number of aryl methyl sites for hydroxylation is 1. The average molecular weight is 445 g/mol. The third-order valence-electron chi connectivity index (χ3n) is 6.02. The summed E-state index contributed by atoms with van der Waals surface area (Å²) >= 11 is 0. The summed E-state index contributed by atoms with van der Waals surface area (Å²) in [5.41, 5.74) is 1.68. The van der Waals surface area contributed by atoms with Crippen molar-refractivity contribution in [3.63, 3.8) is 0 Å². The van der Waals surface area contributed by atoms with Crippen molar-refractivity contribution >= 4 is 21.2 Å². The van der Waals surface area contributed by atoms with Crippen molar-refractivity contribution in [1.82, 2.24) is 0 Å². The predicted molar refractivity (Wildman–Crippen MR) is 124 cm³/mol. The second-order valence-corrected chi connectivity index (χ2v) is 8.94. The van der Waals surface area contributed by atoms with E-state index in [4.69, 9.17) is 4.84 Å². The van der Waals surface area contributed by atoms with Crippen LogP contribution in [0.3, 0.4) is 0 Å². The molecule has 3 nitrogen and oxygen atoms in total. The van der Waals surface area contributed by atoms with E-state index in [2.05, 4.69) is 5.16 Å². The Bertz CT molecular complexity index is 947. The zero-order valence-electron chi connectivity index (χ0n) is 18.2. The maximum Gasteiger partial charge on any atom is 0.284 e. The summed E-state index contributed by atoms with van der Waals surface area (Å²) in [6.45, 7) is 3.93. The van der Waals surface area contributed by atoms with Gasteiger partial charge in [-0.3, -0.25) is 4.79 Å². The zero-order chi connectivity index (χ0) is 22.4. The van der Waals surface area contributed by atoms with Crippen LogP contribution in [0, 0.1) is 0 Å². The lowest BCUT2D eigenvalue weighted by atomic mass is 9.81. The van der Waals surface area contributed by atoms with E-state index in [1.807, 2.05) is 38.1 Å². The SMILES string of the molecule is CCc1cc(/C(C)=N/OCc2ccc(C3CCCCC3)c(C(F)(F)P)c2)ccc1C=O. The van der Waals surface area contributed by atoms with Crippen molar-refractivity contribution < 1.29 is 18.4 Å². The fourth-order valence-corrected chi connectivity index (χ4v) is 4.51. The minimum atomic E-state index is -2.97. The number of carbonyl (C=O) groups is 1. The first-order valence-electron chi connectivity index (χ1n) is 10.9. The van der Waals surface area contributed by atoms with Gasteiger partial charge in [0, 0.05) is 11.1 Å². The predicted octanol–water partition coefficient (Wildman–Crippen LogP) is 6.97. The Morgan fingerprint density at radius 3 is 2.58 bits per heavy atom. The van der Waals surface area contributed by atoms with Gasteiger partial charge in [-0.05, 0) is 66.5 Å². The van der Waals surface area contributed by atoms with E-state index in [9.17, 15) is 13.6 Å². The Morgan fingerprint density at radius 1 is 1.19 bits per heavy atom. The first-order chi connectivity index (χ1) is 14.8. The Kier molecular flexibility index (Phi) is 7.94. The van der Waals surface area contributed by atoms with E-state index < -0.39 is 5.66 Å². The fraction of sp³-hybridized carbons (Fsp3) is 0.440. The summed E-state index contributed by atoms with van der Waals surface area (Å²) < 4.78 is 28.6. The van der Waals surface area contributed by atoms with E-state index in [0.29, 0.717) is 16.8 Å². The Morgan fingerprint density at radius 2 is 1.94 bits per heavy atom. The summed E-state index contributed by atoms with van der Waals surface area (Å²) in [5, 5.41) is 4.16. The summed E-state index contributed by atoms with van der Waals surface area (Å²) in [7, 11) is 1.68. The van der Waals surface area contributed by atoms with Crippen LogP contribution in [0.5, 0.6) is 0 Å². The molecule has 0 bridgehead atoms. The molecular formula is C25H30F2NO2P. The number of nitrogens with zero attached hydrogens (tertiary/aromatic N) is 1. The summed E-state index contributed by atoms with van der Waals surface area (Å²) in [6, 6.07) is 10.8. The van der Waals surface area contributed by atoms with E-state index in [1.54, 1.807) is 21.4 Å². The highest BCUT2D eigenvalue weighted by Crippen LogP contribution is 2.43. The second-order valence-electron chi connectivity index (χ2n) is 8.21. The van der Waals surface area contributed by atoms with Gasteiger partial charge in [0.05, 0.1) is 5.71 Å². The lowest BCUT2D eigenvalue weighted by Crippen LogP contribution is -2.13. The number of aldehydes is 1. The topological polar surface area (TPSA) is 38.7 Å². The maximum atomic E-state index is 14.3. The molecule has 1 saturated carbocycles. The van der Waals surface area contributed by atoms with Crippen molar-refractivity contribution in [3.8, 4) is 0 Å². The summed E-state index contributed by atoms with van der Waals surface area (Å²) in [4.78, 5) is 16.6. The van der Waals surface area contributed by atoms with Gasteiger partial charge in [-0.25, -0.2) is 0 Å². The molecule has 31 heavy (non-hydrogen) atoms. The van der Waals surface area contributed by atoms with Gasteiger partial charge in [0.25, 0.3) is 5.66 Å². The van der Waals surface area contributed by atoms with E-state index >= 15 is 0 Å². The van der Waals surface area contributed by atoms with E-state index in [0.717, 1.165) is 55.1 Å². The second kappa shape index (κ2) is 10.5. The molecule has 0 aliphatic heterocycles. The van der Waals surface area contributed by atoms with Gasteiger partial charge in [0.1, 0.15) is 12.9 Å². The van der Waals surface area contributed by atoms with Crippen LogP contribution in [0.4, 0.5) is 8.78 Å². The molecule has 0 saturated heterocycles. The normalized spacial score (nSPS) is 15.7. The van der Waals surface area contributed by atoms with Crippen molar-refractivity contribution in [2.45, 2.75) is 70.6 Å². The number of oxime groups is 1. The van der Waals surface area contributed by atoms with Crippen molar-refractivity contribution in [2.75, 3.05) is 0 Å². The highest BCUT2D eigenvalue weighted by Gasteiger charge is 2.31. The van der Waals surface area contributed by atoms with Crippen LogP contribution >= 0.6 is 9.24 Å². The fourth-order valence-electron chi connectivity index (χ4n) is 4.26. The molecule has 0 heterocycles. The lowest BCUT2D eigenvalue weighted by Gasteiger charge is -2.26. The van der Waals surface area contributed by atoms with Crippen LogP contribution in [0.25, 0.3) is 0 Å². The molecule has 1 aliphatic carbocycles. The highest BCUT2D eigenvalue weighted by molar-refractivity contribution is 7.17. The molecule has 2 aromatic rings. The monoisotopic (exact) mass is 445 g/mol. The highest BCUT2D eigenvalue weighted by atomic mass is 31.0. The van der Waals surface area contributed by atoms with Crippen LogP contribution in [0.15, 0.2) is 41.6 Å². The first-order valence-corrected chi connectivity index (χ1v) is 11.5. The molecule has 1 atom stereocenters. The van der Waals surface area contributed by atoms with E-state index in [-0.39, 0.29) is 18.1 Å². The maximum absolute atomic E-state index is 14.3. The van der Waals surface area contributed by atoms with Crippen LogP contribution in [-0.2, 0) is 23.5 Å². The van der Waals surface area contributed by atoms with Gasteiger partial charge in [0.15, 0.2) is 0 Å². The molecular weight excluding hydrogens is 415 g/mol. The number of hydrogen-bond acceptors (Lipinski definition) is 3. The van der Waals surface area contributed by atoms with Gasteiger partial charge in [-0.1, -0.05) is 64.8 Å². The van der Waals surface area contributed by atoms with Crippen molar-refractivity contribution in [3.05, 3.63) is 69.8 Å². The van der Waals surface area contributed by atoms with Crippen molar-refractivity contribution in [2.24, 2.45) is 5.16 Å². The molecule has 0 aromatic heterocycles. The molecule has 166 valence electrons. The zero-order valence-corrected chi connectivity index (χ0v) is 19.3. The summed E-state index contributed by atoms with van der Waals surface area (Å²) in [5.74, 6) is 0.201. The van der Waals surface area contributed by atoms with E-state index in [1.165, 1.54) is 6.42 Å². The standard InChI is InChI=1S/C25H30F2NO2P/c1-3-19-14-21(10-11-22(19)15-29)17(2)28-30-16-18-9-12-23(20-7-5-4-6-8-20)24(13-18)25(26,27)31/h9-15,20H,3-8,16,31H2,1-2H3/b28-17+. The number of carbonyl (C=O) groups excluding carboxylic acids is 1. The molecule has 0 spiro atoms. The molecule has 1 fully saturated rings. The minimum absolute atomic E-state index is 0.0724. The third-order valence-corrected chi connectivity index (χ3v) is 6.33. The minimum Gasteiger partial charge on any atom is -0.391 e. The molecule has 0 radical (unpaired) electrons. The number of alkyl halides is 2. The Labute approximate surface area is 185 Å². The Balaban J connectivity index is 1.74. The molecule has 2 aromatic carbocycles. The quantitative estimate of drug-likeness (QED) is 0.190. The number of rotatable bonds is 8. The summed E-state index contributed by atoms with van der Waals surface area (Å²) in [6.07, 6.45) is 6.91. The number of hydrogen-bond donors (Lipinski definition) is 0. The van der Waals surface area contributed by atoms with Crippen LogP contribution in [-0.4, -0.2) is 12.0 Å². The lowest BCUT2D eigenvalue weighted by molar-refractivity contribution is 0.101. The molecule has 0 amide bonds. The van der Waals surface area contributed by atoms with Crippen molar-refractivity contribution in [1.29, 1.82) is 0 Å². The molecule has 3 rings (SSSR count). The number of halogens is 2. The Hall–Kier alpha value is -2.13. The first kappa shape index (κ1) is 23.5. The van der Waals surface area contributed by atoms with Gasteiger partial charge in [-0.15, -0.1) is 0 Å². The average Bonchev–Trinajstić information content (AvgIpc) is 2.78. The van der Waals surface area contributed by atoms with Gasteiger partial charge >= 0.3 is 0 Å². The molecule has 1 unspecified atom stereocenters.